The number of ether oxygens (including phenoxy) is 1. The van der Waals surface area contributed by atoms with E-state index < -0.39 is 9.85 Å². The monoisotopic (exact) mass is 380 g/mol. The number of nitro groups is 2. The molecule has 3 rings (SSSR count). The first-order valence-corrected chi connectivity index (χ1v) is 8.18. The molecule has 2 heterocycles. The number of piperazine rings is 1. The number of nitro benzene ring substituents is 2. The molecule has 27 heavy (non-hydrogen) atoms. The van der Waals surface area contributed by atoms with Gasteiger partial charge >= 0.3 is 0 Å². The van der Waals surface area contributed by atoms with E-state index in [4.69, 9.17) is 10.5 Å². The second kappa shape index (κ2) is 7.82. The molecule has 2 aromatic rings. The van der Waals surface area contributed by atoms with Crippen LogP contribution in [0.25, 0.3) is 0 Å². The molecule has 144 valence electrons. The van der Waals surface area contributed by atoms with Gasteiger partial charge in [-0.25, -0.2) is 4.63 Å². The molecule has 13 heteroatoms. The van der Waals surface area contributed by atoms with Gasteiger partial charge in [0.25, 0.3) is 17.3 Å². The second-order valence-electron chi connectivity index (χ2n) is 5.98. The van der Waals surface area contributed by atoms with E-state index in [-0.39, 0.29) is 23.1 Å². The fraction of sp³-hybridized carbons (Fsp3) is 0.429. The number of quaternary nitrogens is 1. The van der Waals surface area contributed by atoms with Gasteiger partial charge in [-0.15, -0.1) is 0 Å². The smallest absolute Gasteiger partial charge is 0.300 e. The number of nitrogens with two attached hydrogens (primary N) is 1. The molecule has 0 unspecified atom stereocenters. The number of nitrogens with zero attached hydrogens (tertiary/aromatic N) is 5. The summed E-state index contributed by atoms with van der Waals surface area (Å²) >= 11 is 0. The molecule has 1 fully saturated rings. The standard InChI is InChI=1S/C14H17N7O6/c15-13-14(17-27-16-13)26-8-7-18-3-5-19(6-4-18)11-2-1-10(20(22)23)9-12(11)21(24)25/h1-2,9H,3-8H2,(H2,15,16)/p+1. The summed E-state index contributed by atoms with van der Waals surface area (Å²) in [6.45, 7) is 3.73. The van der Waals surface area contributed by atoms with Crippen molar-refractivity contribution in [1.82, 2.24) is 10.3 Å². The highest BCUT2D eigenvalue weighted by molar-refractivity contribution is 5.66. The summed E-state index contributed by atoms with van der Waals surface area (Å²) in [4.78, 5) is 24.0. The summed E-state index contributed by atoms with van der Waals surface area (Å²) in [5, 5.41) is 29.1. The normalized spacial score (nSPS) is 14.9. The molecular weight excluding hydrogens is 362 g/mol. The summed E-state index contributed by atoms with van der Waals surface area (Å²) in [5.41, 5.74) is 5.34. The van der Waals surface area contributed by atoms with Crippen LogP contribution in [0.3, 0.4) is 0 Å². The quantitative estimate of drug-likeness (QED) is 0.460. The van der Waals surface area contributed by atoms with Crippen LogP contribution in [0.2, 0.25) is 0 Å². The van der Waals surface area contributed by atoms with E-state index in [2.05, 4.69) is 14.9 Å². The Hall–Kier alpha value is -3.48. The van der Waals surface area contributed by atoms with Crippen molar-refractivity contribution in [1.29, 1.82) is 0 Å². The third-order valence-electron chi connectivity index (χ3n) is 4.35. The van der Waals surface area contributed by atoms with Crippen molar-refractivity contribution in [2.75, 3.05) is 50.0 Å². The summed E-state index contributed by atoms with van der Waals surface area (Å²) in [5.74, 6) is 0.259. The Bertz CT molecular complexity index is 833. The van der Waals surface area contributed by atoms with Gasteiger partial charge in [0.1, 0.15) is 18.8 Å². The number of anilines is 2. The zero-order valence-electron chi connectivity index (χ0n) is 14.2. The zero-order valence-corrected chi connectivity index (χ0v) is 14.2. The van der Waals surface area contributed by atoms with Gasteiger partial charge in [0.15, 0.2) is 0 Å². The number of hydrogen-bond donors (Lipinski definition) is 2. The van der Waals surface area contributed by atoms with E-state index in [9.17, 15) is 20.2 Å². The number of rotatable bonds is 7. The molecule has 1 aliphatic heterocycles. The predicted octanol–water partition coefficient (Wildman–Crippen LogP) is -0.748. The average Bonchev–Trinajstić information content (AvgIpc) is 3.06. The predicted molar refractivity (Wildman–Crippen MR) is 91.7 cm³/mol. The van der Waals surface area contributed by atoms with Crippen LogP contribution < -0.4 is 20.3 Å². The van der Waals surface area contributed by atoms with Crippen LogP contribution in [0, 0.1) is 20.2 Å². The first kappa shape index (κ1) is 18.3. The van der Waals surface area contributed by atoms with Gasteiger partial charge in [0.05, 0.1) is 42.1 Å². The Morgan fingerprint density at radius 3 is 2.56 bits per heavy atom. The number of nitrogen functional groups attached to an aromatic ring is 1. The minimum atomic E-state index is -0.643. The van der Waals surface area contributed by atoms with Gasteiger partial charge in [-0.05, 0) is 16.4 Å². The molecular formula is C14H18N7O6+. The van der Waals surface area contributed by atoms with E-state index in [1.807, 2.05) is 4.90 Å². The topological polar surface area (TPSA) is 168 Å². The van der Waals surface area contributed by atoms with E-state index >= 15 is 0 Å². The lowest BCUT2D eigenvalue weighted by molar-refractivity contribution is -0.900. The molecule has 3 N–H and O–H groups in total. The van der Waals surface area contributed by atoms with Gasteiger partial charge in [-0.3, -0.25) is 20.2 Å². The highest BCUT2D eigenvalue weighted by Gasteiger charge is 2.27. The summed E-state index contributed by atoms with van der Waals surface area (Å²) < 4.78 is 9.84. The van der Waals surface area contributed by atoms with Crippen molar-refractivity contribution in [2.45, 2.75) is 0 Å². The third kappa shape index (κ3) is 4.20. The van der Waals surface area contributed by atoms with Crippen molar-refractivity contribution < 1.29 is 24.1 Å². The molecule has 0 bridgehead atoms. The number of aromatic nitrogens is 2. The lowest BCUT2D eigenvalue weighted by Crippen LogP contribution is -3.15. The fourth-order valence-corrected chi connectivity index (χ4v) is 2.93. The van der Waals surface area contributed by atoms with Crippen LogP contribution in [0.4, 0.5) is 22.9 Å². The Morgan fingerprint density at radius 2 is 1.96 bits per heavy atom. The maximum absolute atomic E-state index is 11.3. The van der Waals surface area contributed by atoms with E-state index in [0.29, 0.717) is 31.9 Å². The minimum absolute atomic E-state index is 0.0975. The van der Waals surface area contributed by atoms with Crippen LogP contribution in [-0.4, -0.2) is 59.5 Å². The van der Waals surface area contributed by atoms with Gasteiger partial charge in [-0.1, -0.05) is 0 Å². The first-order chi connectivity index (χ1) is 13.0. The average molecular weight is 380 g/mol. The fourth-order valence-electron chi connectivity index (χ4n) is 2.93. The molecule has 1 aliphatic rings. The molecule has 0 spiro atoms. The Morgan fingerprint density at radius 1 is 1.22 bits per heavy atom. The molecule has 0 saturated carbocycles. The largest absolute Gasteiger partial charge is 0.467 e. The Balaban J connectivity index is 1.56. The molecule has 0 amide bonds. The summed E-state index contributed by atoms with van der Waals surface area (Å²) in [7, 11) is 0. The number of non-ortho nitro benzene ring substituents is 1. The van der Waals surface area contributed by atoms with Gasteiger partial charge in [-0.2, -0.15) is 0 Å². The third-order valence-corrected chi connectivity index (χ3v) is 4.35. The van der Waals surface area contributed by atoms with Crippen LogP contribution in [0.15, 0.2) is 22.8 Å². The molecule has 0 aliphatic carbocycles. The van der Waals surface area contributed by atoms with Crippen molar-refractivity contribution in [2.24, 2.45) is 0 Å². The molecule has 0 atom stereocenters. The zero-order chi connectivity index (χ0) is 19.4. The van der Waals surface area contributed by atoms with Gasteiger partial charge < -0.3 is 20.3 Å². The van der Waals surface area contributed by atoms with Crippen molar-refractivity contribution in [3.63, 3.8) is 0 Å². The number of hydrogen-bond acceptors (Lipinski definition) is 10. The number of benzene rings is 1. The maximum Gasteiger partial charge on any atom is 0.300 e. The highest BCUT2D eigenvalue weighted by Crippen LogP contribution is 2.31. The SMILES string of the molecule is Nc1nonc1OCC[NH+]1CCN(c2ccc([N+](=O)[O-])cc2[N+](=O)[O-])CC1. The summed E-state index contributed by atoms with van der Waals surface area (Å²) in [6.07, 6.45) is 0. The lowest BCUT2D eigenvalue weighted by Gasteiger charge is -2.33. The molecule has 13 nitrogen and oxygen atoms in total. The van der Waals surface area contributed by atoms with Crippen LogP contribution in [-0.2, 0) is 0 Å². The Kier molecular flexibility index (Phi) is 5.30. The number of nitrogens with one attached hydrogen (secondary N) is 1. The van der Waals surface area contributed by atoms with E-state index in [1.165, 1.54) is 17.0 Å². The highest BCUT2D eigenvalue weighted by atomic mass is 16.6. The second-order valence-corrected chi connectivity index (χ2v) is 5.98. The van der Waals surface area contributed by atoms with Crippen molar-refractivity contribution in [3.05, 3.63) is 38.4 Å². The summed E-state index contributed by atoms with van der Waals surface area (Å²) in [6, 6.07) is 3.72. The van der Waals surface area contributed by atoms with Crippen LogP contribution >= 0.6 is 0 Å². The first-order valence-electron chi connectivity index (χ1n) is 8.18. The van der Waals surface area contributed by atoms with E-state index in [1.54, 1.807) is 0 Å². The van der Waals surface area contributed by atoms with Crippen LogP contribution in [0.5, 0.6) is 5.88 Å². The minimum Gasteiger partial charge on any atom is -0.467 e. The van der Waals surface area contributed by atoms with Crippen LogP contribution in [0.1, 0.15) is 0 Å². The lowest BCUT2D eigenvalue weighted by atomic mass is 10.2. The molecule has 1 saturated heterocycles. The maximum atomic E-state index is 11.3. The van der Waals surface area contributed by atoms with Gasteiger partial charge in [0, 0.05) is 6.07 Å². The van der Waals surface area contributed by atoms with Crippen molar-refractivity contribution >= 4 is 22.9 Å². The molecule has 0 radical (unpaired) electrons. The Labute approximate surface area is 152 Å². The van der Waals surface area contributed by atoms with Crippen molar-refractivity contribution in [3.8, 4) is 5.88 Å². The molecule has 1 aromatic heterocycles. The van der Waals surface area contributed by atoms with E-state index in [0.717, 1.165) is 19.2 Å². The molecule has 1 aromatic carbocycles. The van der Waals surface area contributed by atoms with Gasteiger partial charge in [0.2, 0.25) is 5.82 Å².